The van der Waals surface area contributed by atoms with Crippen LogP contribution in [0.1, 0.15) is 15.9 Å². The van der Waals surface area contributed by atoms with Crippen molar-refractivity contribution < 1.29 is 18.7 Å². The minimum Gasteiger partial charge on any atom is -0.457 e. The number of ether oxygens (including phenoxy) is 1. The fourth-order valence-electron chi connectivity index (χ4n) is 1.72. The van der Waals surface area contributed by atoms with Gasteiger partial charge in [-0.15, -0.1) is 0 Å². The lowest BCUT2D eigenvalue weighted by molar-refractivity contribution is -0.141. The first-order chi connectivity index (χ1) is 9.65. The van der Waals surface area contributed by atoms with Crippen LogP contribution in [-0.2, 0) is 16.0 Å². The lowest BCUT2D eigenvalue weighted by Gasteiger charge is -2.04. The van der Waals surface area contributed by atoms with Crippen LogP contribution in [0.3, 0.4) is 0 Å². The summed E-state index contributed by atoms with van der Waals surface area (Å²) in [5.74, 6) is -1.23. The first-order valence-electron chi connectivity index (χ1n) is 6.13. The minimum atomic E-state index is -0.556. The second kappa shape index (κ2) is 6.61. The maximum atomic E-state index is 12.9. The number of benzene rings is 2. The zero-order valence-electron chi connectivity index (χ0n) is 10.7. The minimum absolute atomic E-state index is 0.0557. The number of carbonyl (C=O) groups is 2. The van der Waals surface area contributed by atoms with Crippen LogP contribution < -0.4 is 0 Å². The topological polar surface area (TPSA) is 43.4 Å². The van der Waals surface area contributed by atoms with Crippen molar-refractivity contribution in [1.29, 1.82) is 0 Å². The molecule has 0 bridgehead atoms. The van der Waals surface area contributed by atoms with Gasteiger partial charge in [0.25, 0.3) is 0 Å². The molecule has 0 spiro atoms. The highest BCUT2D eigenvalue weighted by molar-refractivity contribution is 5.97. The Labute approximate surface area is 116 Å². The molecule has 4 heteroatoms. The van der Waals surface area contributed by atoms with Crippen molar-refractivity contribution in [1.82, 2.24) is 0 Å². The maximum absolute atomic E-state index is 12.9. The number of hydrogen-bond acceptors (Lipinski definition) is 3. The fraction of sp³-hybridized carbons (Fsp3) is 0.125. The van der Waals surface area contributed by atoms with E-state index in [1.807, 2.05) is 0 Å². The Morgan fingerprint density at radius 3 is 2.45 bits per heavy atom. The van der Waals surface area contributed by atoms with E-state index in [1.54, 1.807) is 36.4 Å². The molecule has 2 rings (SSSR count). The number of hydrogen-bond donors (Lipinski definition) is 0. The molecule has 0 fully saturated rings. The molecular formula is C16H13FO3. The van der Waals surface area contributed by atoms with Crippen molar-refractivity contribution in [3.8, 4) is 0 Å². The van der Waals surface area contributed by atoms with E-state index < -0.39 is 11.8 Å². The van der Waals surface area contributed by atoms with Crippen molar-refractivity contribution in [3.63, 3.8) is 0 Å². The van der Waals surface area contributed by atoms with Gasteiger partial charge in [0.15, 0.2) is 12.4 Å². The molecule has 0 atom stereocenters. The van der Waals surface area contributed by atoms with E-state index in [4.69, 9.17) is 4.74 Å². The summed E-state index contributed by atoms with van der Waals surface area (Å²) < 4.78 is 17.8. The van der Waals surface area contributed by atoms with E-state index in [1.165, 1.54) is 18.2 Å². The average Bonchev–Trinajstić information content (AvgIpc) is 2.46. The molecular weight excluding hydrogens is 259 g/mol. The molecule has 0 N–H and O–H groups in total. The smallest absolute Gasteiger partial charge is 0.310 e. The molecule has 102 valence electrons. The molecule has 0 saturated heterocycles. The highest BCUT2D eigenvalue weighted by Gasteiger charge is 2.10. The summed E-state index contributed by atoms with van der Waals surface area (Å²) in [6.07, 6.45) is -0.0557. The monoisotopic (exact) mass is 272 g/mol. The van der Waals surface area contributed by atoms with Crippen LogP contribution in [0.15, 0.2) is 54.6 Å². The van der Waals surface area contributed by atoms with Gasteiger partial charge in [-0.1, -0.05) is 42.5 Å². The summed E-state index contributed by atoms with van der Waals surface area (Å²) >= 11 is 0. The van der Waals surface area contributed by atoms with Crippen molar-refractivity contribution in [2.24, 2.45) is 0 Å². The third kappa shape index (κ3) is 4.02. The van der Waals surface area contributed by atoms with Crippen molar-refractivity contribution >= 4 is 11.8 Å². The first-order valence-corrected chi connectivity index (χ1v) is 6.13. The summed E-state index contributed by atoms with van der Waals surface area (Å²) in [7, 11) is 0. The summed E-state index contributed by atoms with van der Waals surface area (Å²) in [4.78, 5) is 23.3. The van der Waals surface area contributed by atoms with Gasteiger partial charge in [-0.3, -0.25) is 9.59 Å². The fourth-order valence-corrected chi connectivity index (χ4v) is 1.72. The predicted octanol–water partition coefficient (Wildman–Crippen LogP) is 2.79. The molecule has 0 unspecified atom stereocenters. The van der Waals surface area contributed by atoms with Gasteiger partial charge in [0, 0.05) is 5.56 Å². The van der Waals surface area contributed by atoms with Gasteiger partial charge < -0.3 is 4.74 Å². The quantitative estimate of drug-likeness (QED) is 0.621. The van der Waals surface area contributed by atoms with Crippen LogP contribution in [0.25, 0.3) is 0 Å². The summed E-state index contributed by atoms with van der Waals surface area (Å²) in [5, 5.41) is 0. The molecule has 0 radical (unpaired) electrons. The summed E-state index contributed by atoms with van der Waals surface area (Å²) in [6.45, 7) is -0.307. The number of carbonyl (C=O) groups excluding carboxylic acids is 2. The molecule has 0 aliphatic rings. The third-order valence-electron chi connectivity index (χ3n) is 2.70. The molecule has 0 heterocycles. The molecule has 0 aliphatic heterocycles. The van der Waals surface area contributed by atoms with E-state index in [0.717, 1.165) is 0 Å². The number of esters is 1. The van der Waals surface area contributed by atoms with Gasteiger partial charge in [-0.05, 0) is 17.7 Å². The standard InChI is InChI=1S/C16H13FO3/c17-14-8-4-5-12(9-14)10-16(19)20-11-15(18)13-6-2-1-3-7-13/h1-9H,10-11H2. The average molecular weight is 272 g/mol. The molecule has 3 nitrogen and oxygen atoms in total. The van der Waals surface area contributed by atoms with Crippen LogP contribution >= 0.6 is 0 Å². The highest BCUT2D eigenvalue weighted by atomic mass is 19.1. The van der Waals surface area contributed by atoms with Crippen LogP contribution in [0.4, 0.5) is 4.39 Å². The number of ketones is 1. The lowest BCUT2D eigenvalue weighted by Crippen LogP contribution is -2.15. The Hall–Kier alpha value is -2.49. The predicted molar refractivity (Wildman–Crippen MR) is 71.8 cm³/mol. The Bertz CT molecular complexity index is 608. The SMILES string of the molecule is O=C(Cc1cccc(F)c1)OCC(=O)c1ccccc1. The van der Waals surface area contributed by atoms with E-state index in [2.05, 4.69) is 0 Å². The molecule has 2 aromatic carbocycles. The molecule has 0 amide bonds. The second-order valence-electron chi connectivity index (χ2n) is 4.26. The summed E-state index contributed by atoms with van der Waals surface area (Å²) in [6, 6.07) is 14.3. The van der Waals surface area contributed by atoms with Crippen LogP contribution in [0.5, 0.6) is 0 Å². The van der Waals surface area contributed by atoms with Gasteiger partial charge in [0.1, 0.15) is 5.82 Å². The summed E-state index contributed by atoms with van der Waals surface area (Å²) in [5.41, 5.74) is 1.01. The largest absolute Gasteiger partial charge is 0.457 e. The molecule has 2 aromatic rings. The van der Waals surface area contributed by atoms with E-state index in [-0.39, 0.29) is 18.8 Å². The maximum Gasteiger partial charge on any atom is 0.310 e. The third-order valence-corrected chi connectivity index (χ3v) is 2.70. The lowest BCUT2D eigenvalue weighted by atomic mass is 10.1. The molecule has 20 heavy (non-hydrogen) atoms. The van der Waals surface area contributed by atoms with E-state index in [0.29, 0.717) is 11.1 Å². The Balaban J connectivity index is 1.85. The van der Waals surface area contributed by atoms with Gasteiger partial charge in [0.2, 0.25) is 0 Å². The first kappa shape index (κ1) is 13.9. The zero-order chi connectivity index (χ0) is 14.4. The van der Waals surface area contributed by atoms with Crippen LogP contribution in [0, 0.1) is 5.82 Å². The Morgan fingerprint density at radius 1 is 1.00 bits per heavy atom. The number of Topliss-reactive ketones (excluding diaryl/α,β-unsaturated/α-hetero) is 1. The number of halogens is 1. The second-order valence-corrected chi connectivity index (χ2v) is 4.26. The van der Waals surface area contributed by atoms with Gasteiger partial charge in [-0.25, -0.2) is 4.39 Å². The highest BCUT2D eigenvalue weighted by Crippen LogP contribution is 2.06. The van der Waals surface area contributed by atoms with Crippen molar-refractivity contribution in [2.75, 3.05) is 6.61 Å². The Kier molecular flexibility index (Phi) is 4.60. The van der Waals surface area contributed by atoms with Crippen molar-refractivity contribution in [3.05, 3.63) is 71.5 Å². The Morgan fingerprint density at radius 2 is 1.75 bits per heavy atom. The normalized spacial score (nSPS) is 10.1. The molecule has 0 saturated carbocycles. The van der Waals surface area contributed by atoms with E-state index in [9.17, 15) is 14.0 Å². The van der Waals surface area contributed by atoms with E-state index >= 15 is 0 Å². The molecule has 0 aliphatic carbocycles. The zero-order valence-corrected chi connectivity index (χ0v) is 10.7. The van der Waals surface area contributed by atoms with Gasteiger partial charge in [0.05, 0.1) is 6.42 Å². The van der Waals surface area contributed by atoms with Gasteiger partial charge in [-0.2, -0.15) is 0 Å². The van der Waals surface area contributed by atoms with Gasteiger partial charge >= 0.3 is 5.97 Å². The molecule has 0 aromatic heterocycles. The van der Waals surface area contributed by atoms with Crippen LogP contribution in [0.2, 0.25) is 0 Å². The van der Waals surface area contributed by atoms with Crippen LogP contribution in [-0.4, -0.2) is 18.4 Å². The number of rotatable bonds is 5. The van der Waals surface area contributed by atoms with Crippen molar-refractivity contribution in [2.45, 2.75) is 6.42 Å².